The number of methoxy groups -OCH3 is 1. The third-order valence-electron chi connectivity index (χ3n) is 5.52. The van der Waals surface area contributed by atoms with Gasteiger partial charge in [-0.1, -0.05) is 0 Å². The second kappa shape index (κ2) is 10.0. The van der Waals surface area contributed by atoms with Gasteiger partial charge in [0.2, 0.25) is 5.75 Å². The summed E-state index contributed by atoms with van der Waals surface area (Å²) < 4.78 is 17.2. The van der Waals surface area contributed by atoms with Gasteiger partial charge in [0, 0.05) is 43.0 Å². The second-order valence-electron chi connectivity index (χ2n) is 8.37. The molecule has 0 atom stereocenters. The van der Waals surface area contributed by atoms with Crippen LogP contribution in [0.3, 0.4) is 0 Å². The number of hydrogen-bond donors (Lipinski definition) is 3. The number of carbonyl (C=O) groups is 1. The molecule has 1 aliphatic rings. The van der Waals surface area contributed by atoms with E-state index in [1.807, 2.05) is 13.8 Å². The van der Waals surface area contributed by atoms with E-state index in [2.05, 4.69) is 10.6 Å². The molecule has 0 spiro atoms. The Kier molecular flexibility index (Phi) is 6.93. The lowest BCUT2D eigenvalue weighted by molar-refractivity contribution is 0.215. The Labute approximate surface area is 197 Å². The molecule has 0 unspecified atom stereocenters. The molecule has 9 heteroatoms. The van der Waals surface area contributed by atoms with E-state index in [0.29, 0.717) is 30.1 Å². The summed E-state index contributed by atoms with van der Waals surface area (Å²) in [4.78, 5) is 27.2. The molecule has 3 aromatic rings. The zero-order chi connectivity index (χ0) is 24.2. The fourth-order valence-corrected chi connectivity index (χ4v) is 3.88. The molecule has 0 aliphatic carbocycles. The van der Waals surface area contributed by atoms with Crippen molar-refractivity contribution >= 4 is 22.7 Å². The van der Waals surface area contributed by atoms with E-state index >= 15 is 0 Å². The van der Waals surface area contributed by atoms with Crippen LogP contribution in [0.5, 0.6) is 17.2 Å². The van der Waals surface area contributed by atoms with Gasteiger partial charge in [-0.2, -0.15) is 0 Å². The Morgan fingerprint density at radius 3 is 2.65 bits per heavy atom. The third kappa shape index (κ3) is 4.94. The summed E-state index contributed by atoms with van der Waals surface area (Å²) in [6.45, 7) is 6.73. The first-order valence-electron chi connectivity index (χ1n) is 11.3. The fourth-order valence-electron chi connectivity index (χ4n) is 3.88. The molecule has 3 N–H and O–H groups in total. The maximum absolute atomic E-state index is 12.9. The Balaban J connectivity index is 1.65. The van der Waals surface area contributed by atoms with Crippen molar-refractivity contribution in [1.82, 2.24) is 10.2 Å². The zero-order valence-corrected chi connectivity index (χ0v) is 19.5. The highest BCUT2D eigenvalue weighted by Gasteiger charge is 2.21. The van der Waals surface area contributed by atoms with Gasteiger partial charge in [0.05, 0.1) is 13.2 Å². The summed E-state index contributed by atoms with van der Waals surface area (Å²) in [6, 6.07) is 9.54. The van der Waals surface area contributed by atoms with Gasteiger partial charge in [-0.25, -0.2) is 4.79 Å². The van der Waals surface area contributed by atoms with Gasteiger partial charge in [0.25, 0.3) is 0 Å². The number of anilines is 1. The normalized spacial score (nSPS) is 14.2. The first-order valence-corrected chi connectivity index (χ1v) is 11.3. The Bertz CT molecular complexity index is 1230. The minimum Gasteiger partial charge on any atom is -0.507 e. The molecule has 1 fully saturated rings. The topological polar surface area (TPSA) is 113 Å². The van der Waals surface area contributed by atoms with E-state index in [-0.39, 0.29) is 40.4 Å². The van der Waals surface area contributed by atoms with Crippen molar-refractivity contribution in [2.24, 2.45) is 0 Å². The number of nitrogens with one attached hydrogen (secondary N) is 2. The maximum Gasteiger partial charge on any atom is 0.321 e. The summed E-state index contributed by atoms with van der Waals surface area (Å²) in [7, 11) is 1.45. The number of fused-ring (bicyclic) bond motifs is 1. The van der Waals surface area contributed by atoms with Crippen molar-refractivity contribution in [3.05, 3.63) is 46.6 Å². The van der Waals surface area contributed by atoms with Crippen LogP contribution in [0, 0.1) is 0 Å². The lowest BCUT2D eigenvalue weighted by atomic mass is 10.1. The molecule has 0 radical (unpaired) electrons. The number of rotatable bonds is 5. The van der Waals surface area contributed by atoms with Crippen LogP contribution in [-0.4, -0.2) is 55.4 Å². The molecule has 2 aromatic carbocycles. The molecular weight excluding hydrogens is 438 g/mol. The van der Waals surface area contributed by atoms with Gasteiger partial charge in [-0.15, -0.1) is 0 Å². The summed E-state index contributed by atoms with van der Waals surface area (Å²) in [5.74, 6) is 0.570. The molecule has 1 aromatic heterocycles. The maximum atomic E-state index is 12.9. The number of ether oxygens (including phenoxy) is 2. The van der Waals surface area contributed by atoms with Crippen molar-refractivity contribution < 1.29 is 23.8 Å². The highest BCUT2D eigenvalue weighted by molar-refractivity contribution is 5.92. The summed E-state index contributed by atoms with van der Waals surface area (Å²) in [6.07, 6.45) is 0.703. The predicted octanol–water partition coefficient (Wildman–Crippen LogP) is 3.79. The van der Waals surface area contributed by atoms with Crippen LogP contribution in [0.25, 0.3) is 22.3 Å². The van der Waals surface area contributed by atoms with Crippen molar-refractivity contribution in [3.8, 4) is 28.6 Å². The van der Waals surface area contributed by atoms with Crippen LogP contribution >= 0.6 is 0 Å². The first-order chi connectivity index (χ1) is 16.4. The monoisotopic (exact) mass is 467 g/mol. The van der Waals surface area contributed by atoms with Gasteiger partial charge >= 0.3 is 6.03 Å². The molecule has 4 rings (SSSR count). The lowest BCUT2D eigenvalue weighted by Gasteiger charge is -2.20. The van der Waals surface area contributed by atoms with E-state index in [9.17, 15) is 14.7 Å². The number of carbonyl (C=O) groups excluding carboxylic acids is 1. The minimum absolute atomic E-state index is 0.0241. The fraction of sp³-hybridized carbons (Fsp3) is 0.360. The first kappa shape index (κ1) is 23.4. The van der Waals surface area contributed by atoms with Crippen molar-refractivity contribution in [2.75, 3.05) is 38.6 Å². The van der Waals surface area contributed by atoms with Gasteiger partial charge < -0.3 is 34.5 Å². The highest BCUT2D eigenvalue weighted by atomic mass is 16.5. The highest BCUT2D eigenvalue weighted by Crippen LogP contribution is 2.41. The van der Waals surface area contributed by atoms with Crippen molar-refractivity contribution in [2.45, 2.75) is 26.4 Å². The molecular formula is C25H29N3O6. The average molecular weight is 468 g/mol. The predicted molar refractivity (Wildman–Crippen MR) is 130 cm³/mol. The number of aromatic hydroxyl groups is 1. The number of urea groups is 1. The van der Waals surface area contributed by atoms with Crippen LogP contribution in [0.1, 0.15) is 20.3 Å². The Hall–Kier alpha value is -3.72. The molecule has 0 saturated carbocycles. The van der Waals surface area contributed by atoms with Gasteiger partial charge in [0.15, 0.2) is 16.8 Å². The number of phenolic OH excluding ortho intramolecular Hbond substituents is 1. The van der Waals surface area contributed by atoms with Crippen LogP contribution in [0.15, 0.2) is 45.6 Å². The van der Waals surface area contributed by atoms with Crippen molar-refractivity contribution in [3.63, 3.8) is 0 Å². The molecule has 9 nitrogen and oxygen atoms in total. The molecule has 2 heterocycles. The van der Waals surface area contributed by atoms with E-state index in [1.165, 1.54) is 19.2 Å². The molecule has 34 heavy (non-hydrogen) atoms. The average Bonchev–Trinajstić information content (AvgIpc) is 3.10. The SMILES string of the molecule is COc1cc(O)c2c(=O)cc(-c3ccc(NC(=O)N4CCCNCC4)cc3)oc2c1OC(C)C. The van der Waals surface area contributed by atoms with Gasteiger partial charge in [0.1, 0.15) is 16.9 Å². The summed E-state index contributed by atoms with van der Waals surface area (Å²) in [5.41, 5.74) is 0.975. The van der Waals surface area contributed by atoms with Gasteiger partial charge in [-0.3, -0.25) is 4.79 Å². The molecule has 1 aliphatic heterocycles. The molecule has 2 amide bonds. The third-order valence-corrected chi connectivity index (χ3v) is 5.52. The lowest BCUT2D eigenvalue weighted by Crippen LogP contribution is -2.37. The summed E-state index contributed by atoms with van der Waals surface area (Å²) >= 11 is 0. The Morgan fingerprint density at radius 1 is 1.18 bits per heavy atom. The van der Waals surface area contributed by atoms with E-state index < -0.39 is 5.43 Å². The van der Waals surface area contributed by atoms with Crippen LogP contribution < -0.4 is 25.5 Å². The molecule has 180 valence electrons. The standard InChI is InChI=1S/C25H29N3O6/c1-15(2)33-23-21(32-3)14-19(30)22-18(29)13-20(34-24(22)23)16-5-7-17(8-6-16)27-25(31)28-11-4-9-26-10-12-28/h5-8,13-15,26,30H,4,9-12H2,1-3H3,(H,27,31). The number of amides is 2. The largest absolute Gasteiger partial charge is 0.507 e. The molecule has 1 saturated heterocycles. The van der Waals surface area contributed by atoms with E-state index in [0.717, 1.165) is 19.5 Å². The number of nitrogens with zero attached hydrogens (tertiary/aromatic N) is 1. The van der Waals surface area contributed by atoms with Crippen molar-refractivity contribution in [1.29, 1.82) is 0 Å². The number of benzene rings is 2. The second-order valence-corrected chi connectivity index (χ2v) is 8.37. The van der Waals surface area contributed by atoms with E-state index in [4.69, 9.17) is 13.9 Å². The molecule has 0 bridgehead atoms. The quantitative estimate of drug-likeness (QED) is 0.523. The summed E-state index contributed by atoms with van der Waals surface area (Å²) in [5, 5.41) is 16.6. The van der Waals surface area contributed by atoms with Gasteiger partial charge in [-0.05, 0) is 51.1 Å². The van der Waals surface area contributed by atoms with E-state index in [1.54, 1.807) is 29.2 Å². The zero-order valence-electron chi connectivity index (χ0n) is 19.5. The minimum atomic E-state index is -0.405. The van der Waals surface area contributed by atoms with Crippen LogP contribution in [0.2, 0.25) is 0 Å². The Morgan fingerprint density at radius 2 is 1.94 bits per heavy atom. The van der Waals surface area contributed by atoms with Crippen LogP contribution in [0.4, 0.5) is 10.5 Å². The number of phenols is 1. The number of hydrogen-bond acceptors (Lipinski definition) is 7. The van der Waals surface area contributed by atoms with Crippen LogP contribution in [-0.2, 0) is 0 Å². The smallest absolute Gasteiger partial charge is 0.321 e.